The minimum Gasteiger partial charge on any atom is -0.393 e. The molecular formula is C14H24N2O2. The van der Waals surface area contributed by atoms with Crippen molar-refractivity contribution in [1.29, 1.82) is 0 Å². The fourth-order valence-corrected chi connectivity index (χ4v) is 3.85. The summed E-state index contributed by atoms with van der Waals surface area (Å²) in [7, 11) is 0. The SMILES string of the molecule is CCN1CC2CC(C1)N2C(=O)C1CCC(O)CC1. The van der Waals surface area contributed by atoms with E-state index in [1.54, 1.807) is 0 Å². The van der Waals surface area contributed by atoms with Gasteiger partial charge in [-0.05, 0) is 38.6 Å². The van der Waals surface area contributed by atoms with Gasteiger partial charge in [0.25, 0.3) is 0 Å². The topological polar surface area (TPSA) is 43.8 Å². The van der Waals surface area contributed by atoms with E-state index in [2.05, 4.69) is 16.7 Å². The molecule has 1 aliphatic carbocycles. The number of piperazine rings is 1. The van der Waals surface area contributed by atoms with Gasteiger partial charge in [0, 0.05) is 31.1 Å². The van der Waals surface area contributed by atoms with E-state index in [4.69, 9.17) is 0 Å². The molecule has 102 valence electrons. The monoisotopic (exact) mass is 252 g/mol. The number of rotatable bonds is 2. The van der Waals surface area contributed by atoms with Crippen LogP contribution in [0.3, 0.4) is 0 Å². The average molecular weight is 252 g/mol. The Morgan fingerprint density at radius 1 is 1.17 bits per heavy atom. The molecule has 0 radical (unpaired) electrons. The molecule has 0 aromatic carbocycles. The predicted octanol–water partition coefficient (Wildman–Crippen LogP) is 0.842. The largest absolute Gasteiger partial charge is 0.393 e. The van der Waals surface area contributed by atoms with Gasteiger partial charge in [-0.15, -0.1) is 0 Å². The predicted molar refractivity (Wildman–Crippen MR) is 69.1 cm³/mol. The third-order valence-corrected chi connectivity index (χ3v) is 5.02. The third-order valence-electron chi connectivity index (χ3n) is 5.02. The van der Waals surface area contributed by atoms with E-state index in [1.165, 1.54) is 6.42 Å². The standard InChI is InChI=1S/C14H24N2O2/c1-2-15-8-11-7-12(9-15)16(11)14(18)10-3-5-13(17)6-4-10/h10-13,17H,2-9H2,1H3. The number of piperidine rings is 1. The maximum atomic E-state index is 12.5. The number of carbonyl (C=O) groups is 1. The molecule has 0 aromatic heterocycles. The van der Waals surface area contributed by atoms with Gasteiger partial charge in [0.15, 0.2) is 0 Å². The zero-order chi connectivity index (χ0) is 12.7. The number of likely N-dealkylation sites (N-methyl/N-ethyl adjacent to an activating group) is 1. The Bertz CT molecular complexity index is 314. The summed E-state index contributed by atoms with van der Waals surface area (Å²) in [6.45, 7) is 5.42. The van der Waals surface area contributed by atoms with E-state index < -0.39 is 0 Å². The van der Waals surface area contributed by atoms with E-state index >= 15 is 0 Å². The normalized spacial score (nSPS) is 40.4. The molecule has 2 unspecified atom stereocenters. The van der Waals surface area contributed by atoms with E-state index in [1.807, 2.05) is 0 Å². The second kappa shape index (κ2) is 4.82. The minimum atomic E-state index is -0.166. The van der Waals surface area contributed by atoms with Crippen molar-refractivity contribution in [3.63, 3.8) is 0 Å². The molecule has 4 rings (SSSR count). The van der Waals surface area contributed by atoms with Gasteiger partial charge in [-0.1, -0.05) is 6.92 Å². The second-order valence-electron chi connectivity index (χ2n) is 6.15. The van der Waals surface area contributed by atoms with Crippen LogP contribution in [0.1, 0.15) is 39.0 Å². The highest BCUT2D eigenvalue weighted by Crippen LogP contribution is 2.36. The van der Waals surface area contributed by atoms with Gasteiger partial charge in [0.2, 0.25) is 5.91 Å². The van der Waals surface area contributed by atoms with Crippen molar-refractivity contribution >= 4 is 5.91 Å². The Morgan fingerprint density at radius 2 is 1.78 bits per heavy atom. The quantitative estimate of drug-likeness (QED) is 0.792. The summed E-state index contributed by atoms with van der Waals surface area (Å²) in [6.07, 6.45) is 4.42. The molecule has 1 amide bonds. The number of hydrogen-bond donors (Lipinski definition) is 1. The Balaban J connectivity index is 1.58. The summed E-state index contributed by atoms with van der Waals surface area (Å²) < 4.78 is 0. The Hall–Kier alpha value is -0.610. The van der Waals surface area contributed by atoms with Gasteiger partial charge in [-0.25, -0.2) is 0 Å². The van der Waals surface area contributed by atoms with E-state index in [0.717, 1.165) is 45.3 Å². The highest BCUT2D eigenvalue weighted by Gasteiger charge is 2.48. The van der Waals surface area contributed by atoms with Crippen molar-refractivity contribution < 1.29 is 9.90 Å². The zero-order valence-electron chi connectivity index (χ0n) is 11.2. The van der Waals surface area contributed by atoms with Gasteiger partial charge < -0.3 is 10.0 Å². The summed E-state index contributed by atoms with van der Waals surface area (Å²) in [5, 5.41) is 9.51. The molecule has 3 saturated heterocycles. The fourth-order valence-electron chi connectivity index (χ4n) is 3.85. The smallest absolute Gasteiger partial charge is 0.226 e. The molecule has 4 heteroatoms. The highest BCUT2D eigenvalue weighted by atomic mass is 16.3. The van der Waals surface area contributed by atoms with Crippen LogP contribution in [-0.2, 0) is 4.79 Å². The molecular weight excluding hydrogens is 228 g/mol. The van der Waals surface area contributed by atoms with Gasteiger partial charge in [0.1, 0.15) is 0 Å². The van der Waals surface area contributed by atoms with Gasteiger partial charge in [-0.2, -0.15) is 0 Å². The summed E-state index contributed by atoms with van der Waals surface area (Å²) in [5.74, 6) is 0.561. The zero-order valence-corrected chi connectivity index (χ0v) is 11.2. The molecule has 0 aromatic rings. The van der Waals surface area contributed by atoms with Crippen molar-refractivity contribution in [2.75, 3.05) is 19.6 Å². The molecule has 18 heavy (non-hydrogen) atoms. The molecule has 0 spiro atoms. The average Bonchev–Trinajstić information content (AvgIpc) is 2.39. The summed E-state index contributed by atoms with van der Waals surface area (Å²) >= 11 is 0. The lowest BCUT2D eigenvalue weighted by molar-refractivity contribution is -0.159. The van der Waals surface area contributed by atoms with E-state index in [-0.39, 0.29) is 12.0 Å². The first-order chi connectivity index (χ1) is 8.69. The molecule has 4 nitrogen and oxygen atoms in total. The van der Waals surface area contributed by atoms with Crippen LogP contribution in [0, 0.1) is 5.92 Å². The number of amides is 1. The van der Waals surface area contributed by atoms with Crippen LogP contribution in [0.15, 0.2) is 0 Å². The molecule has 4 fully saturated rings. The van der Waals surface area contributed by atoms with Crippen molar-refractivity contribution in [1.82, 2.24) is 9.80 Å². The lowest BCUT2D eigenvalue weighted by atomic mass is 9.81. The van der Waals surface area contributed by atoms with Crippen LogP contribution in [-0.4, -0.2) is 58.6 Å². The number of aliphatic hydroxyl groups excluding tert-OH is 1. The first-order valence-electron chi connectivity index (χ1n) is 7.41. The summed E-state index contributed by atoms with van der Waals surface area (Å²) in [5.41, 5.74) is 0. The Kier molecular flexibility index (Phi) is 3.32. The number of nitrogens with zero attached hydrogens (tertiary/aromatic N) is 2. The van der Waals surface area contributed by atoms with Crippen LogP contribution >= 0.6 is 0 Å². The van der Waals surface area contributed by atoms with Crippen LogP contribution in [0.5, 0.6) is 0 Å². The molecule has 2 bridgehead atoms. The van der Waals surface area contributed by atoms with E-state index in [0.29, 0.717) is 18.0 Å². The summed E-state index contributed by atoms with van der Waals surface area (Å²) in [4.78, 5) is 17.1. The Labute approximate surface area is 109 Å². The third kappa shape index (κ3) is 2.05. The molecule has 4 aliphatic rings. The van der Waals surface area contributed by atoms with E-state index in [9.17, 15) is 9.90 Å². The maximum absolute atomic E-state index is 12.5. The van der Waals surface area contributed by atoms with Gasteiger partial charge >= 0.3 is 0 Å². The van der Waals surface area contributed by atoms with Crippen molar-refractivity contribution in [2.45, 2.75) is 57.2 Å². The highest BCUT2D eigenvalue weighted by molar-refractivity contribution is 5.80. The molecule has 3 aliphatic heterocycles. The molecule has 3 heterocycles. The van der Waals surface area contributed by atoms with Crippen molar-refractivity contribution in [3.8, 4) is 0 Å². The number of carbonyl (C=O) groups excluding carboxylic acids is 1. The first-order valence-corrected chi connectivity index (χ1v) is 7.41. The second-order valence-corrected chi connectivity index (χ2v) is 6.15. The molecule has 2 atom stereocenters. The number of hydrogen-bond acceptors (Lipinski definition) is 3. The van der Waals surface area contributed by atoms with Crippen LogP contribution in [0.2, 0.25) is 0 Å². The van der Waals surface area contributed by atoms with Crippen LogP contribution in [0.4, 0.5) is 0 Å². The van der Waals surface area contributed by atoms with Crippen LogP contribution < -0.4 is 0 Å². The van der Waals surface area contributed by atoms with Crippen molar-refractivity contribution in [2.24, 2.45) is 5.92 Å². The van der Waals surface area contributed by atoms with Gasteiger partial charge in [-0.3, -0.25) is 9.69 Å². The molecule has 1 N–H and O–H groups in total. The van der Waals surface area contributed by atoms with Crippen LogP contribution in [0.25, 0.3) is 0 Å². The minimum absolute atomic E-state index is 0.166. The van der Waals surface area contributed by atoms with Crippen molar-refractivity contribution in [3.05, 3.63) is 0 Å². The Morgan fingerprint density at radius 3 is 2.33 bits per heavy atom. The fraction of sp³-hybridized carbons (Fsp3) is 0.929. The lowest BCUT2D eigenvalue weighted by Gasteiger charge is -2.57. The van der Waals surface area contributed by atoms with Gasteiger partial charge in [0.05, 0.1) is 6.10 Å². The summed E-state index contributed by atoms with van der Waals surface area (Å²) in [6, 6.07) is 0.950. The first kappa shape index (κ1) is 12.4. The molecule has 1 saturated carbocycles. The number of aliphatic hydroxyl groups is 1. The number of fused-ring (bicyclic) bond motifs is 2. The maximum Gasteiger partial charge on any atom is 0.226 e. The lowest BCUT2D eigenvalue weighted by Crippen LogP contribution is -2.70.